The van der Waals surface area contributed by atoms with E-state index in [1.165, 1.54) is 5.39 Å². The van der Waals surface area contributed by atoms with Crippen LogP contribution in [0.5, 0.6) is 0 Å². The standard InChI is InChI=1S/C40H25N3O/c1-3-13-26(14-4-1)33-25-34(42-40(41-33)27-15-5-2-6-16-27)30-19-8-11-21-36(30)43-35-20-10-7-17-28(35)31-24-39-32(23-37(31)43)29-18-9-12-22-38(29)44-39/h1-25H. The number of hydrogen-bond acceptors (Lipinski definition) is 3. The average Bonchev–Trinajstić information content (AvgIpc) is 3.62. The van der Waals surface area contributed by atoms with E-state index in [-0.39, 0.29) is 0 Å². The third kappa shape index (κ3) is 3.85. The molecule has 4 heteroatoms. The zero-order chi connectivity index (χ0) is 29.0. The fourth-order valence-electron chi connectivity index (χ4n) is 6.39. The van der Waals surface area contributed by atoms with Gasteiger partial charge in [0.15, 0.2) is 5.82 Å². The van der Waals surface area contributed by atoms with E-state index in [1.54, 1.807) is 0 Å². The SMILES string of the molecule is c1ccc(-c2cc(-c3ccccc3-n3c4ccccc4c4cc5oc6ccccc6c5cc43)nc(-c3ccccc3)n2)cc1. The normalized spacial score (nSPS) is 11.6. The van der Waals surface area contributed by atoms with Crippen LogP contribution in [0.4, 0.5) is 0 Å². The van der Waals surface area contributed by atoms with E-state index >= 15 is 0 Å². The maximum absolute atomic E-state index is 6.30. The molecule has 0 atom stereocenters. The van der Waals surface area contributed by atoms with Crippen molar-refractivity contribution in [2.75, 3.05) is 0 Å². The van der Waals surface area contributed by atoms with Gasteiger partial charge in [0, 0.05) is 38.2 Å². The summed E-state index contributed by atoms with van der Waals surface area (Å²) in [5.74, 6) is 0.700. The van der Waals surface area contributed by atoms with Gasteiger partial charge in [0.05, 0.1) is 28.1 Å². The molecule has 206 valence electrons. The number of furan rings is 1. The summed E-state index contributed by atoms with van der Waals surface area (Å²) in [5.41, 5.74) is 9.93. The minimum Gasteiger partial charge on any atom is -0.456 e. The molecule has 0 fully saturated rings. The third-order valence-corrected chi connectivity index (χ3v) is 8.42. The van der Waals surface area contributed by atoms with Crippen molar-refractivity contribution in [1.82, 2.24) is 14.5 Å². The van der Waals surface area contributed by atoms with E-state index in [1.807, 2.05) is 48.5 Å². The van der Waals surface area contributed by atoms with E-state index < -0.39 is 0 Å². The van der Waals surface area contributed by atoms with E-state index in [0.29, 0.717) is 5.82 Å². The summed E-state index contributed by atoms with van der Waals surface area (Å²) in [6.07, 6.45) is 0. The van der Waals surface area contributed by atoms with Crippen LogP contribution in [0.15, 0.2) is 156 Å². The topological polar surface area (TPSA) is 43.9 Å². The molecule has 0 saturated carbocycles. The highest BCUT2D eigenvalue weighted by Crippen LogP contribution is 2.40. The Hall–Kier alpha value is -6.00. The zero-order valence-electron chi connectivity index (χ0n) is 23.7. The van der Waals surface area contributed by atoms with Gasteiger partial charge in [-0.1, -0.05) is 115 Å². The van der Waals surface area contributed by atoms with Crippen LogP contribution in [-0.4, -0.2) is 14.5 Å². The molecule has 0 saturated heterocycles. The van der Waals surface area contributed by atoms with Gasteiger partial charge in [-0.3, -0.25) is 0 Å². The van der Waals surface area contributed by atoms with Gasteiger partial charge in [0.1, 0.15) is 11.2 Å². The van der Waals surface area contributed by atoms with Gasteiger partial charge in [0.25, 0.3) is 0 Å². The maximum Gasteiger partial charge on any atom is 0.160 e. The number of fused-ring (bicyclic) bond motifs is 6. The Bertz CT molecular complexity index is 2430. The third-order valence-electron chi connectivity index (χ3n) is 8.42. The van der Waals surface area contributed by atoms with Crippen molar-refractivity contribution in [1.29, 1.82) is 0 Å². The number of rotatable bonds is 4. The van der Waals surface area contributed by atoms with Crippen molar-refractivity contribution in [2.45, 2.75) is 0 Å². The molecule has 0 unspecified atom stereocenters. The van der Waals surface area contributed by atoms with Crippen molar-refractivity contribution < 1.29 is 4.42 Å². The first-order valence-electron chi connectivity index (χ1n) is 14.8. The van der Waals surface area contributed by atoms with Crippen LogP contribution in [0.1, 0.15) is 0 Å². The monoisotopic (exact) mass is 563 g/mol. The molecule has 0 radical (unpaired) electrons. The molecular formula is C40H25N3O. The summed E-state index contributed by atoms with van der Waals surface area (Å²) in [4.78, 5) is 10.2. The molecule has 0 aliphatic rings. The first-order valence-corrected chi connectivity index (χ1v) is 14.8. The highest BCUT2D eigenvalue weighted by molar-refractivity contribution is 6.17. The van der Waals surface area contributed by atoms with E-state index in [2.05, 4.69) is 108 Å². The second-order valence-corrected chi connectivity index (χ2v) is 11.0. The molecule has 9 aromatic rings. The minimum absolute atomic E-state index is 0.700. The lowest BCUT2D eigenvalue weighted by molar-refractivity contribution is 0.669. The van der Waals surface area contributed by atoms with Gasteiger partial charge in [-0.2, -0.15) is 0 Å². The van der Waals surface area contributed by atoms with Crippen LogP contribution in [-0.2, 0) is 0 Å². The molecule has 0 aliphatic carbocycles. The van der Waals surface area contributed by atoms with Gasteiger partial charge in [0.2, 0.25) is 0 Å². The molecule has 3 heterocycles. The smallest absolute Gasteiger partial charge is 0.160 e. The number of para-hydroxylation sites is 3. The van der Waals surface area contributed by atoms with E-state index in [0.717, 1.165) is 72.1 Å². The summed E-state index contributed by atoms with van der Waals surface area (Å²) in [6, 6.07) is 52.5. The average molecular weight is 564 g/mol. The van der Waals surface area contributed by atoms with Gasteiger partial charge in [-0.15, -0.1) is 0 Å². The fourth-order valence-corrected chi connectivity index (χ4v) is 6.39. The molecule has 0 N–H and O–H groups in total. The number of nitrogens with zero attached hydrogens (tertiary/aromatic N) is 3. The van der Waals surface area contributed by atoms with Crippen LogP contribution in [0.25, 0.3) is 83.3 Å². The summed E-state index contributed by atoms with van der Waals surface area (Å²) >= 11 is 0. The van der Waals surface area contributed by atoms with Crippen LogP contribution in [0, 0.1) is 0 Å². The highest BCUT2D eigenvalue weighted by Gasteiger charge is 2.19. The second kappa shape index (κ2) is 9.79. The molecule has 9 rings (SSSR count). The van der Waals surface area contributed by atoms with Crippen molar-refractivity contribution in [2.24, 2.45) is 0 Å². The Labute approximate surface area is 253 Å². The first-order chi connectivity index (χ1) is 21.8. The quantitative estimate of drug-likeness (QED) is 0.214. The van der Waals surface area contributed by atoms with Gasteiger partial charge in [-0.05, 0) is 36.4 Å². The summed E-state index contributed by atoms with van der Waals surface area (Å²) in [6.45, 7) is 0. The highest BCUT2D eigenvalue weighted by atomic mass is 16.3. The van der Waals surface area contributed by atoms with Crippen molar-refractivity contribution in [3.8, 4) is 39.6 Å². The number of aromatic nitrogens is 3. The Balaban J connectivity index is 1.35. The van der Waals surface area contributed by atoms with Crippen LogP contribution >= 0.6 is 0 Å². The number of benzene rings is 6. The Morgan fingerprint density at radius 3 is 1.93 bits per heavy atom. The number of hydrogen-bond donors (Lipinski definition) is 0. The molecule has 4 nitrogen and oxygen atoms in total. The van der Waals surface area contributed by atoms with Crippen molar-refractivity contribution in [3.63, 3.8) is 0 Å². The lowest BCUT2D eigenvalue weighted by atomic mass is 10.0. The lowest BCUT2D eigenvalue weighted by Crippen LogP contribution is -2.00. The van der Waals surface area contributed by atoms with Gasteiger partial charge >= 0.3 is 0 Å². The first kappa shape index (κ1) is 24.6. The van der Waals surface area contributed by atoms with Gasteiger partial charge < -0.3 is 8.98 Å². The lowest BCUT2D eigenvalue weighted by Gasteiger charge is -2.15. The maximum atomic E-state index is 6.30. The molecule has 0 aliphatic heterocycles. The zero-order valence-corrected chi connectivity index (χ0v) is 23.7. The molecule has 3 aromatic heterocycles. The molecule has 0 amide bonds. The van der Waals surface area contributed by atoms with Gasteiger partial charge in [-0.25, -0.2) is 9.97 Å². The van der Waals surface area contributed by atoms with Crippen molar-refractivity contribution in [3.05, 3.63) is 152 Å². The largest absolute Gasteiger partial charge is 0.456 e. The second-order valence-electron chi connectivity index (χ2n) is 11.0. The Morgan fingerprint density at radius 1 is 0.432 bits per heavy atom. The minimum atomic E-state index is 0.700. The summed E-state index contributed by atoms with van der Waals surface area (Å²) in [5, 5.41) is 4.55. The summed E-state index contributed by atoms with van der Waals surface area (Å²) in [7, 11) is 0. The molecule has 0 bridgehead atoms. The van der Waals surface area contributed by atoms with Crippen LogP contribution in [0.3, 0.4) is 0 Å². The summed E-state index contributed by atoms with van der Waals surface area (Å²) < 4.78 is 8.67. The van der Waals surface area contributed by atoms with E-state index in [4.69, 9.17) is 14.4 Å². The molecule has 44 heavy (non-hydrogen) atoms. The Morgan fingerprint density at radius 2 is 1.09 bits per heavy atom. The molecular weight excluding hydrogens is 538 g/mol. The predicted molar refractivity (Wildman–Crippen MR) is 180 cm³/mol. The van der Waals surface area contributed by atoms with Crippen LogP contribution in [0.2, 0.25) is 0 Å². The van der Waals surface area contributed by atoms with E-state index in [9.17, 15) is 0 Å². The predicted octanol–water partition coefficient (Wildman–Crippen LogP) is 10.5. The van der Waals surface area contributed by atoms with Crippen LogP contribution < -0.4 is 0 Å². The Kier molecular flexibility index (Phi) is 5.47. The molecule has 6 aromatic carbocycles. The van der Waals surface area contributed by atoms with Crippen molar-refractivity contribution >= 4 is 43.7 Å². The fraction of sp³-hybridized carbons (Fsp3) is 0. The molecule has 0 spiro atoms.